The van der Waals surface area contributed by atoms with E-state index in [-0.39, 0.29) is 11.7 Å². The van der Waals surface area contributed by atoms with Gasteiger partial charge in [0.05, 0.1) is 10.6 Å². The van der Waals surface area contributed by atoms with E-state index in [1.807, 2.05) is 18.4 Å². The van der Waals surface area contributed by atoms with Crippen LogP contribution in [0.1, 0.15) is 28.6 Å². The number of rotatable bonds is 4. The molecule has 0 radical (unpaired) electrons. The Morgan fingerprint density at radius 3 is 2.90 bits per heavy atom. The molecule has 0 bridgehead atoms. The number of carbonyl (C=O) groups excluding carboxylic acids is 1. The summed E-state index contributed by atoms with van der Waals surface area (Å²) in [5.41, 5.74) is 3.74. The molecule has 0 saturated heterocycles. The number of nitrogens with one attached hydrogen (secondary N) is 1. The Hall–Kier alpha value is -1.66. The Bertz CT molecular complexity index is 639. The highest BCUT2D eigenvalue weighted by atomic mass is 79.9. The van der Waals surface area contributed by atoms with E-state index in [9.17, 15) is 9.90 Å². The van der Waals surface area contributed by atoms with Crippen LogP contribution in [0.25, 0.3) is 0 Å². The van der Waals surface area contributed by atoms with Crippen molar-refractivity contribution in [3.05, 3.63) is 50.6 Å². The lowest BCUT2D eigenvalue weighted by molar-refractivity contribution is 0.0959. The van der Waals surface area contributed by atoms with E-state index in [0.717, 1.165) is 4.47 Å². The van der Waals surface area contributed by atoms with E-state index < -0.39 is 0 Å². The van der Waals surface area contributed by atoms with Gasteiger partial charge in [-0.25, -0.2) is 5.43 Å². The minimum Gasteiger partial charge on any atom is -0.507 e. The molecule has 4 nitrogen and oxygen atoms in total. The largest absolute Gasteiger partial charge is 0.507 e. The van der Waals surface area contributed by atoms with Gasteiger partial charge in [-0.1, -0.05) is 28.9 Å². The van der Waals surface area contributed by atoms with Crippen molar-refractivity contribution >= 4 is 38.9 Å². The smallest absolute Gasteiger partial charge is 0.281 e. The first kappa shape index (κ1) is 14.7. The van der Waals surface area contributed by atoms with Crippen LogP contribution >= 0.6 is 27.3 Å². The van der Waals surface area contributed by atoms with Crippen molar-refractivity contribution in [1.29, 1.82) is 0 Å². The molecule has 1 aromatic heterocycles. The van der Waals surface area contributed by atoms with Crippen molar-refractivity contribution in [2.45, 2.75) is 13.3 Å². The average Bonchev–Trinajstić information content (AvgIpc) is 2.97. The zero-order valence-electron chi connectivity index (χ0n) is 10.8. The van der Waals surface area contributed by atoms with Gasteiger partial charge < -0.3 is 5.11 Å². The molecule has 1 aromatic carbocycles. The fraction of sp³-hybridized carbons (Fsp3) is 0.143. The molecule has 2 aromatic rings. The number of amides is 1. The van der Waals surface area contributed by atoms with Gasteiger partial charge in [-0.2, -0.15) is 5.10 Å². The van der Waals surface area contributed by atoms with Gasteiger partial charge in [0.15, 0.2) is 0 Å². The predicted octanol–water partition coefficient (Wildman–Crippen LogP) is 3.76. The molecule has 2 rings (SSSR count). The second-order valence-corrected chi connectivity index (χ2v) is 5.86. The van der Waals surface area contributed by atoms with Crippen LogP contribution in [0.4, 0.5) is 0 Å². The normalized spacial score (nSPS) is 11.4. The number of hydrogen-bond acceptors (Lipinski definition) is 4. The van der Waals surface area contributed by atoms with E-state index in [0.29, 0.717) is 22.6 Å². The van der Waals surface area contributed by atoms with Crippen molar-refractivity contribution in [2.24, 2.45) is 5.10 Å². The van der Waals surface area contributed by atoms with Crippen LogP contribution < -0.4 is 5.43 Å². The summed E-state index contributed by atoms with van der Waals surface area (Å²) < 4.78 is 0.844. The van der Waals surface area contributed by atoms with Crippen LogP contribution in [-0.2, 0) is 0 Å². The highest BCUT2D eigenvalue weighted by Crippen LogP contribution is 2.23. The van der Waals surface area contributed by atoms with Crippen LogP contribution in [0.5, 0.6) is 5.75 Å². The van der Waals surface area contributed by atoms with Gasteiger partial charge in [-0.05, 0) is 36.1 Å². The molecule has 0 atom stereocenters. The number of carbonyl (C=O) groups is 1. The fourth-order valence-corrected chi connectivity index (χ4v) is 2.62. The number of phenolic OH excluding ortho intramolecular Hbond substituents is 1. The van der Waals surface area contributed by atoms with E-state index >= 15 is 0 Å². The first-order valence-electron chi connectivity index (χ1n) is 6.01. The second kappa shape index (κ2) is 6.67. The molecule has 6 heteroatoms. The molecular formula is C14H13BrN2O2S. The van der Waals surface area contributed by atoms with Crippen LogP contribution in [-0.4, -0.2) is 16.7 Å². The van der Waals surface area contributed by atoms with Crippen LogP contribution in [0.15, 0.2) is 45.3 Å². The van der Waals surface area contributed by atoms with Gasteiger partial charge >= 0.3 is 0 Å². The number of hydrogen-bond donors (Lipinski definition) is 2. The zero-order valence-corrected chi connectivity index (χ0v) is 13.2. The molecule has 0 saturated carbocycles. The summed E-state index contributed by atoms with van der Waals surface area (Å²) in [5.74, 6) is -0.111. The number of aromatic hydroxyl groups is 1. The Morgan fingerprint density at radius 1 is 1.45 bits per heavy atom. The molecule has 0 aliphatic carbocycles. The highest BCUT2D eigenvalue weighted by molar-refractivity contribution is 9.10. The Morgan fingerprint density at radius 2 is 2.25 bits per heavy atom. The Balaban J connectivity index is 2.21. The number of nitrogens with zero attached hydrogens (tertiary/aromatic N) is 1. The third kappa shape index (κ3) is 3.46. The molecule has 2 N–H and O–H groups in total. The third-order valence-electron chi connectivity index (χ3n) is 2.64. The molecule has 0 spiro atoms. The van der Waals surface area contributed by atoms with E-state index in [1.165, 1.54) is 11.3 Å². The molecule has 1 heterocycles. The lowest BCUT2D eigenvalue weighted by Crippen LogP contribution is -2.19. The minimum absolute atomic E-state index is 0.138. The van der Waals surface area contributed by atoms with Crippen LogP contribution in [0.2, 0.25) is 0 Å². The molecule has 20 heavy (non-hydrogen) atoms. The predicted molar refractivity (Wildman–Crippen MR) is 84.4 cm³/mol. The molecule has 104 valence electrons. The summed E-state index contributed by atoms with van der Waals surface area (Å²) in [7, 11) is 0. The van der Waals surface area contributed by atoms with Gasteiger partial charge in [0.25, 0.3) is 5.91 Å². The standard InChI is InChI=1S/C14H13BrN2O2S/c1-2-11(10-8-9(15)5-6-12(10)18)16-17-14(19)13-4-3-7-20-13/h3-8,18H,2H2,1H3,(H,17,19)/b16-11+. The first-order valence-corrected chi connectivity index (χ1v) is 7.68. The maximum Gasteiger partial charge on any atom is 0.281 e. The lowest BCUT2D eigenvalue weighted by Gasteiger charge is -2.07. The molecule has 0 fully saturated rings. The summed E-state index contributed by atoms with van der Waals surface area (Å²) >= 11 is 4.71. The van der Waals surface area contributed by atoms with Gasteiger partial charge in [-0.3, -0.25) is 4.79 Å². The number of benzene rings is 1. The average molecular weight is 353 g/mol. The Labute approximate surface area is 129 Å². The van der Waals surface area contributed by atoms with E-state index in [1.54, 1.807) is 24.3 Å². The monoisotopic (exact) mass is 352 g/mol. The molecule has 0 aliphatic heterocycles. The topological polar surface area (TPSA) is 61.7 Å². The Kier molecular flexibility index (Phi) is 4.92. The molecular weight excluding hydrogens is 340 g/mol. The highest BCUT2D eigenvalue weighted by Gasteiger charge is 2.10. The van der Waals surface area contributed by atoms with Gasteiger partial charge in [0.2, 0.25) is 0 Å². The lowest BCUT2D eigenvalue weighted by atomic mass is 10.1. The fourth-order valence-electron chi connectivity index (χ4n) is 1.65. The third-order valence-corrected chi connectivity index (χ3v) is 4.00. The maximum absolute atomic E-state index is 11.8. The molecule has 0 unspecified atom stereocenters. The van der Waals surface area contributed by atoms with Crippen LogP contribution in [0, 0.1) is 0 Å². The number of phenols is 1. The van der Waals surface area contributed by atoms with Crippen molar-refractivity contribution in [3.63, 3.8) is 0 Å². The van der Waals surface area contributed by atoms with Crippen molar-refractivity contribution in [3.8, 4) is 5.75 Å². The molecule has 0 aliphatic rings. The number of halogens is 1. The van der Waals surface area contributed by atoms with Gasteiger partial charge in [0, 0.05) is 10.0 Å². The minimum atomic E-state index is -0.250. The quantitative estimate of drug-likeness (QED) is 0.649. The van der Waals surface area contributed by atoms with Crippen molar-refractivity contribution < 1.29 is 9.90 Å². The van der Waals surface area contributed by atoms with E-state index in [4.69, 9.17) is 0 Å². The van der Waals surface area contributed by atoms with E-state index in [2.05, 4.69) is 26.5 Å². The van der Waals surface area contributed by atoms with Crippen molar-refractivity contribution in [2.75, 3.05) is 0 Å². The maximum atomic E-state index is 11.8. The van der Waals surface area contributed by atoms with Gasteiger partial charge in [-0.15, -0.1) is 11.3 Å². The summed E-state index contributed by atoms with van der Waals surface area (Å²) in [6, 6.07) is 8.65. The van der Waals surface area contributed by atoms with Crippen LogP contribution in [0.3, 0.4) is 0 Å². The van der Waals surface area contributed by atoms with Crippen molar-refractivity contribution in [1.82, 2.24) is 5.43 Å². The molecule has 1 amide bonds. The summed E-state index contributed by atoms with van der Waals surface area (Å²) in [6.45, 7) is 1.91. The summed E-state index contributed by atoms with van der Waals surface area (Å²) in [4.78, 5) is 12.4. The zero-order chi connectivity index (χ0) is 14.5. The summed E-state index contributed by atoms with van der Waals surface area (Å²) in [6.07, 6.45) is 0.592. The number of hydrazone groups is 1. The second-order valence-electron chi connectivity index (χ2n) is 3.99. The first-order chi connectivity index (χ1) is 9.61. The SMILES string of the molecule is CC/C(=N\NC(=O)c1cccs1)c1cc(Br)ccc1O. The van der Waals surface area contributed by atoms with Gasteiger partial charge in [0.1, 0.15) is 5.75 Å². The summed E-state index contributed by atoms with van der Waals surface area (Å²) in [5, 5.41) is 15.8. The number of thiophene rings is 1.